The van der Waals surface area contributed by atoms with Gasteiger partial charge in [0.2, 0.25) is 5.91 Å². The van der Waals surface area contributed by atoms with Gasteiger partial charge in [0.15, 0.2) is 0 Å². The van der Waals surface area contributed by atoms with Crippen molar-refractivity contribution in [3.05, 3.63) is 0 Å². The van der Waals surface area contributed by atoms with Crippen molar-refractivity contribution >= 4 is 11.9 Å². The van der Waals surface area contributed by atoms with E-state index in [1.807, 2.05) is 13.8 Å². The normalized spacial score (nSPS) is 19.2. The molecular formula is C14H26N2O3. The van der Waals surface area contributed by atoms with E-state index in [2.05, 4.69) is 5.32 Å². The lowest BCUT2D eigenvalue weighted by atomic mass is 9.73. The predicted octanol–water partition coefficient (Wildman–Crippen LogP) is 1.65. The lowest BCUT2D eigenvalue weighted by Gasteiger charge is -2.40. The Kier molecular flexibility index (Phi) is 4.30. The number of hydrogen-bond donors (Lipinski definition) is 3. The van der Waals surface area contributed by atoms with E-state index in [0.29, 0.717) is 0 Å². The zero-order valence-corrected chi connectivity index (χ0v) is 12.4. The number of carboxylic acids is 1. The van der Waals surface area contributed by atoms with Gasteiger partial charge in [-0.1, -0.05) is 12.8 Å². The summed E-state index contributed by atoms with van der Waals surface area (Å²) in [5, 5.41) is 12.0. The van der Waals surface area contributed by atoms with Crippen LogP contribution in [0.15, 0.2) is 0 Å². The van der Waals surface area contributed by atoms with Gasteiger partial charge in [-0.05, 0) is 40.5 Å². The summed E-state index contributed by atoms with van der Waals surface area (Å²) >= 11 is 0. The molecule has 0 saturated heterocycles. The molecule has 5 heteroatoms. The molecule has 4 N–H and O–H groups in total. The van der Waals surface area contributed by atoms with Gasteiger partial charge >= 0.3 is 5.97 Å². The number of carbonyl (C=O) groups is 2. The summed E-state index contributed by atoms with van der Waals surface area (Å²) in [4.78, 5) is 23.5. The minimum atomic E-state index is -0.869. The Labute approximate surface area is 114 Å². The van der Waals surface area contributed by atoms with E-state index in [4.69, 9.17) is 10.8 Å². The molecule has 1 saturated carbocycles. The number of rotatable bonds is 5. The van der Waals surface area contributed by atoms with Gasteiger partial charge < -0.3 is 16.2 Å². The second kappa shape index (κ2) is 5.12. The standard InChI is InChI=1S/C14H26N2O3/c1-12(2,13(3,4)15)11(19)16-14(9-10(17)18)7-5-6-8-14/h5-9,15H2,1-4H3,(H,16,19)(H,17,18). The first-order valence-electron chi connectivity index (χ1n) is 6.83. The van der Waals surface area contributed by atoms with Gasteiger partial charge in [0, 0.05) is 5.54 Å². The first-order valence-corrected chi connectivity index (χ1v) is 6.83. The fraction of sp³-hybridized carbons (Fsp3) is 0.857. The summed E-state index contributed by atoms with van der Waals surface area (Å²) < 4.78 is 0. The van der Waals surface area contributed by atoms with Crippen LogP contribution in [-0.4, -0.2) is 28.1 Å². The molecule has 19 heavy (non-hydrogen) atoms. The molecule has 5 nitrogen and oxygen atoms in total. The van der Waals surface area contributed by atoms with Crippen molar-refractivity contribution in [3.63, 3.8) is 0 Å². The Morgan fingerprint density at radius 2 is 1.68 bits per heavy atom. The van der Waals surface area contributed by atoms with Gasteiger partial charge in [-0.3, -0.25) is 9.59 Å². The molecular weight excluding hydrogens is 244 g/mol. The van der Waals surface area contributed by atoms with Crippen LogP contribution in [0.4, 0.5) is 0 Å². The third-order valence-corrected chi connectivity index (χ3v) is 4.61. The van der Waals surface area contributed by atoms with Crippen LogP contribution in [0.5, 0.6) is 0 Å². The highest BCUT2D eigenvalue weighted by Crippen LogP contribution is 2.35. The maximum atomic E-state index is 12.5. The molecule has 0 aromatic heterocycles. The second-order valence-electron chi connectivity index (χ2n) is 6.86. The molecule has 1 rings (SSSR count). The molecule has 0 spiro atoms. The van der Waals surface area contributed by atoms with Crippen molar-refractivity contribution in [1.82, 2.24) is 5.32 Å². The summed E-state index contributed by atoms with van der Waals surface area (Å²) in [7, 11) is 0. The summed E-state index contributed by atoms with van der Waals surface area (Å²) in [6.45, 7) is 7.22. The first kappa shape index (κ1) is 16.0. The van der Waals surface area contributed by atoms with Crippen molar-refractivity contribution in [2.45, 2.75) is 70.9 Å². The molecule has 0 atom stereocenters. The maximum absolute atomic E-state index is 12.5. The summed E-state index contributed by atoms with van der Waals surface area (Å²) in [6, 6.07) is 0. The highest BCUT2D eigenvalue weighted by atomic mass is 16.4. The van der Waals surface area contributed by atoms with E-state index < -0.39 is 22.5 Å². The molecule has 0 radical (unpaired) electrons. The molecule has 1 fully saturated rings. The van der Waals surface area contributed by atoms with Gasteiger partial charge in [-0.2, -0.15) is 0 Å². The Bertz CT molecular complexity index is 363. The smallest absolute Gasteiger partial charge is 0.305 e. The quantitative estimate of drug-likeness (QED) is 0.708. The predicted molar refractivity (Wildman–Crippen MR) is 73.6 cm³/mol. The van der Waals surface area contributed by atoms with Crippen LogP contribution in [0.1, 0.15) is 59.8 Å². The number of aliphatic carboxylic acids is 1. The number of amides is 1. The second-order valence-corrected chi connectivity index (χ2v) is 6.86. The van der Waals surface area contributed by atoms with Crippen LogP contribution in [-0.2, 0) is 9.59 Å². The molecule has 110 valence electrons. The van der Waals surface area contributed by atoms with Gasteiger partial charge in [0.05, 0.1) is 17.4 Å². The number of nitrogens with one attached hydrogen (secondary N) is 1. The molecule has 0 bridgehead atoms. The van der Waals surface area contributed by atoms with Crippen LogP contribution < -0.4 is 11.1 Å². The fourth-order valence-electron chi connectivity index (χ4n) is 2.38. The summed E-state index contributed by atoms with van der Waals surface area (Å²) in [5.41, 5.74) is 4.05. The molecule has 0 unspecified atom stereocenters. The number of hydrogen-bond acceptors (Lipinski definition) is 3. The first-order chi connectivity index (χ1) is 8.50. The van der Waals surface area contributed by atoms with E-state index in [1.54, 1.807) is 13.8 Å². The Morgan fingerprint density at radius 1 is 1.21 bits per heavy atom. The highest BCUT2D eigenvalue weighted by Gasteiger charge is 2.45. The summed E-state index contributed by atoms with van der Waals surface area (Å²) in [6.07, 6.45) is 3.36. The highest BCUT2D eigenvalue weighted by molar-refractivity contribution is 5.84. The zero-order valence-electron chi connectivity index (χ0n) is 12.4. The van der Waals surface area contributed by atoms with E-state index in [-0.39, 0.29) is 12.3 Å². The molecule has 0 aromatic rings. The monoisotopic (exact) mass is 270 g/mol. The lowest BCUT2D eigenvalue weighted by Crippen LogP contribution is -2.60. The van der Waals surface area contributed by atoms with Crippen molar-refractivity contribution in [3.8, 4) is 0 Å². The van der Waals surface area contributed by atoms with Crippen molar-refractivity contribution < 1.29 is 14.7 Å². The lowest BCUT2D eigenvalue weighted by molar-refractivity contribution is -0.140. The van der Waals surface area contributed by atoms with Gasteiger partial charge in [-0.25, -0.2) is 0 Å². The third-order valence-electron chi connectivity index (χ3n) is 4.61. The van der Waals surface area contributed by atoms with Crippen LogP contribution in [0.2, 0.25) is 0 Å². The topological polar surface area (TPSA) is 92.4 Å². The average molecular weight is 270 g/mol. The van der Waals surface area contributed by atoms with Crippen LogP contribution in [0, 0.1) is 5.41 Å². The Hall–Kier alpha value is -1.10. The number of carboxylic acid groups (broad SMARTS) is 1. The van der Waals surface area contributed by atoms with Crippen molar-refractivity contribution in [1.29, 1.82) is 0 Å². The third kappa shape index (κ3) is 3.47. The minimum absolute atomic E-state index is 0.0141. The Morgan fingerprint density at radius 3 is 2.05 bits per heavy atom. The van der Waals surface area contributed by atoms with Crippen molar-refractivity contribution in [2.24, 2.45) is 11.1 Å². The molecule has 0 aromatic carbocycles. The molecule has 1 aliphatic carbocycles. The minimum Gasteiger partial charge on any atom is -0.481 e. The zero-order chi connectivity index (χ0) is 14.9. The largest absolute Gasteiger partial charge is 0.481 e. The molecule has 0 heterocycles. The van der Waals surface area contributed by atoms with Gasteiger partial charge in [0.25, 0.3) is 0 Å². The van der Waals surface area contributed by atoms with Gasteiger partial charge in [-0.15, -0.1) is 0 Å². The fourth-order valence-corrected chi connectivity index (χ4v) is 2.38. The summed E-state index contributed by atoms with van der Waals surface area (Å²) in [5.74, 6) is -1.03. The van der Waals surface area contributed by atoms with E-state index in [9.17, 15) is 9.59 Å². The SMILES string of the molecule is CC(C)(N)C(C)(C)C(=O)NC1(CC(=O)O)CCCC1. The molecule has 1 aliphatic rings. The Balaban J connectivity index is 2.86. The van der Waals surface area contributed by atoms with E-state index in [1.165, 1.54) is 0 Å². The molecule has 0 aliphatic heterocycles. The number of carbonyl (C=O) groups excluding carboxylic acids is 1. The van der Waals surface area contributed by atoms with Crippen LogP contribution >= 0.6 is 0 Å². The van der Waals surface area contributed by atoms with E-state index >= 15 is 0 Å². The number of nitrogens with two attached hydrogens (primary N) is 1. The van der Waals surface area contributed by atoms with Gasteiger partial charge in [0.1, 0.15) is 0 Å². The van der Waals surface area contributed by atoms with E-state index in [0.717, 1.165) is 25.7 Å². The molecule has 1 amide bonds. The maximum Gasteiger partial charge on any atom is 0.305 e. The average Bonchev–Trinajstić information content (AvgIpc) is 2.63. The van der Waals surface area contributed by atoms with Crippen molar-refractivity contribution in [2.75, 3.05) is 0 Å². The van der Waals surface area contributed by atoms with Crippen LogP contribution in [0.25, 0.3) is 0 Å². The van der Waals surface area contributed by atoms with Crippen LogP contribution in [0.3, 0.4) is 0 Å².